The molecule has 0 aliphatic carbocycles. The zero-order chi connectivity index (χ0) is 29.5. The second-order valence-electron chi connectivity index (χ2n) is 9.32. The van der Waals surface area contributed by atoms with E-state index in [9.17, 15) is 9.59 Å². The van der Waals surface area contributed by atoms with E-state index >= 15 is 0 Å². The lowest BCUT2D eigenvalue weighted by atomic mass is 10.1. The Kier molecular flexibility index (Phi) is 9.11. The second-order valence-corrected chi connectivity index (χ2v) is 10.1. The lowest BCUT2D eigenvalue weighted by Gasteiger charge is -2.17. The monoisotopic (exact) mass is 600 g/mol. The van der Waals surface area contributed by atoms with E-state index in [0.717, 1.165) is 22.2 Å². The second kappa shape index (κ2) is 13.3. The van der Waals surface area contributed by atoms with Crippen molar-refractivity contribution in [2.45, 2.75) is 19.6 Å². The highest BCUT2D eigenvalue weighted by atomic mass is 35.5. The third-order valence-electron chi connectivity index (χ3n) is 6.34. The van der Waals surface area contributed by atoms with Gasteiger partial charge in [0.05, 0.1) is 34.0 Å². The summed E-state index contributed by atoms with van der Waals surface area (Å²) in [7, 11) is 0. The maximum absolute atomic E-state index is 12.1. The summed E-state index contributed by atoms with van der Waals surface area (Å²) in [4.78, 5) is 28.2. The Balaban J connectivity index is 1.16. The molecule has 0 aliphatic rings. The van der Waals surface area contributed by atoms with Crippen LogP contribution < -0.4 is 10.1 Å². The van der Waals surface area contributed by atoms with Gasteiger partial charge in [0.15, 0.2) is 5.78 Å². The Bertz CT molecular complexity index is 1760. The van der Waals surface area contributed by atoms with Gasteiger partial charge in [-0.15, -0.1) is 0 Å². The molecule has 42 heavy (non-hydrogen) atoms. The van der Waals surface area contributed by atoms with Gasteiger partial charge in [-0.3, -0.25) is 24.4 Å². The molecule has 2 N–H and O–H groups in total. The number of hydrogen-bond donors (Lipinski definition) is 2. The molecule has 212 valence electrons. The van der Waals surface area contributed by atoms with E-state index < -0.39 is 0 Å². The zero-order valence-electron chi connectivity index (χ0n) is 22.5. The molecule has 3 aromatic heterocycles. The van der Waals surface area contributed by atoms with Gasteiger partial charge in [0.2, 0.25) is 5.91 Å². The Morgan fingerprint density at radius 2 is 1.83 bits per heavy atom. The van der Waals surface area contributed by atoms with Crippen LogP contribution in [0.3, 0.4) is 0 Å². The highest BCUT2D eigenvalue weighted by Crippen LogP contribution is 2.33. The zero-order valence-corrected chi connectivity index (χ0v) is 24.0. The van der Waals surface area contributed by atoms with Crippen LogP contribution in [0.4, 0.5) is 0 Å². The van der Waals surface area contributed by atoms with Gasteiger partial charge in [0.1, 0.15) is 11.9 Å². The van der Waals surface area contributed by atoms with Crippen molar-refractivity contribution in [1.29, 1.82) is 0 Å². The van der Waals surface area contributed by atoms with Crippen LogP contribution in [0.25, 0.3) is 23.1 Å². The Morgan fingerprint density at radius 3 is 2.62 bits per heavy atom. The van der Waals surface area contributed by atoms with Crippen molar-refractivity contribution in [2.75, 3.05) is 6.54 Å². The molecule has 0 aliphatic heterocycles. The topological polar surface area (TPSA) is 115 Å². The van der Waals surface area contributed by atoms with Gasteiger partial charge < -0.3 is 10.1 Å². The number of carbonyl (C=O) groups is 2. The van der Waals surface area contributed by atoms with Crippen LogP contribution in [0.2, 0.25) is 10.0 Å². The molecular formula is C31H26Cl2N6O3. The van der Waals surface area contributed by atoms with Crippen molar-refractivity contribution in [1.82, 2.24) is 30.3 Å². The van der Waals surface area contributed by atoms with Crippen LogP contribution in [0.5, 0.6) is 5.75 Å². The number of H-pyrrole nitrogens is 1. The summed E-state index contributed by atoms with van der Waals surface area (Å²) in [5.74, 6) is 0.0721. The average molecular weight is 601 g/mol. The number of fused-ring (bicyclic) bond motifs is 1. The van der Waals surface area contributed by atoms with E-state index in [0.29, 0.717) is 40.0 Å². The molecule has 0 spiro atoms. The van der Waals surface area contributed by atoms with Crippen molar-refractivity contribution < 1.29 is 14.3 Å². The number of amides is 1. The number of allylic oxidation sites excluding steroid dienone is 1. The fourth-order valence-electron chi connectivity index (χ4n) is 4.25. The van der Waals surface area contributed by atoms with E-state index in [1.54, 1.807) is 35.1 Å². The first-order chi connectivity index (χ1) is 20.4. The molecule has 5 rings (SSSR count). The third-order valence-corrected chi connectivity index (χ3v) is 6.95. The summed E-state index contributed by atoms with van der Waals surface area (Å²) in [5, 5.41) is 16.3. The molecule has 0 saturated carbocycles. The van der Waals surface area contributed by atoms with Crippen LogP contribution in [0.15, 0.2) is 85.5 Å². The summed E-state index contributed by atoms with van der Waals surface area (Å²) in [6.07, 6.45) is 12.6. The van der Waals surface area contributed by atoms with Gasteiger partial charge >= 0.3 is 0 Å². The number of ketones is 1. The molecule has 1 atom stereocenters. The number of nitrogens with zero attached hydrogens (tertiary/aromatic N) is 4. The minimum Gasteiger partial charge on any atom is -0.486 e. The number of ether oxygens (including phenoxy) is 1. The van der Waals surface area contributed by atoms with Gasteiger partial charge in [-0.25, -0.2) is 0 Å². The molecule has 0 saturated heterocycles. The number of nitrogens with one attached hydrogen (secondary N) is 2. The van der Waals surface area contributed by atoms with Crippen LogP contribution in [-0.2, 0) is 11.3 Å². The smallest absolute Gasteiger partial charge is 0.244 e. The summed E-state index contributed by atoms with van der Waals surface area (Å²) >= 11 is 12.6. The number of carbonyl (C=O) groups excluding carboxylic acids is 2. The van der Waals surface area contributed by atoms with Crippen molar-refractivity contribution in [3.8, 4) is 5.75 Å². The molecule has 9 nitrogen and oxygen atoms in total. The Labute approximate surface area is 251 Å². The largest absolute Gasteiger partial charge is 0.486 e. The van der Waals surface area contributed by atoms with Crippen LogP contribution >= 0.6 is 23.2 Å². The summed E-state index contributed by atoms with van der Waals surface area (Å²) in [6, 6.07) is 14.4. The molecule has 0 radical (unpaired) electrons. The van der Waals surface area contributed by atoms with Gasteiger partial charge in [-0.05, 0) is 43.4 Å². The van der Waals surface area contributed by atoms with Crippen LogP contribution in [0.1, 0.15) is 40.2 Å². The van der Waals surface area contributed by atoms with Crippen molar-refractivity contribution >= 4 is 57.9 Å². The first-order valence-corrected chi connectivity index (χ1v) is 13.8. The fraction of sp³-hybridized carbons (Fsp3) is 0.129. The number of aromatic nitrogens is 5. The highest BCUT2D eigenvalue weighted by molar-refractivity contribution is 6.35. The quantitative estimate of drug-likeness (QED) is 0.135. The first-order valence-electron chi connectivity index (χ1n) is 13.1. The minimum atomic E-state index is -0.389. The standard InChI is InChI=1S/C31H26Cl2N6O3/c1-20(31-25(32)17-34-18-26(31)33)42-23-8-10-28-24(15-23)27(37-38-28)9-7-21-16-36-39(19-21)14-13-35-30(41)12-11-29(40)22-5-3-2-4-6-22/h2-12,15-20H,13-14H2,1H3,(H,35,41)(H,37,38)/b9-7+,12-11+/t20-/m1/s1. The fourth-order valence-corrected chi connectivity index (χ4v) is 4.92. The number of pyridine rings is 1. The average Bonchev–Trinajstić information content (AvgIpc) is 3.61. The first kappa shape index (κ1) is 28.8. The van der Waals surface area contributed by atoms with Gasteiger partial charge in [-0.2, -0.15) is 10.2 Å². The predicted octanol–water partition coefficient (Wildman–Crippen LogP) is 6.33. The highest BCUT2D eigenvalue weighted by Gasteiger charge is 2.16. The van der Waals surface area contributed by atoms with Crippen LogP contribution in [-0.4, -0.2) is 43.2 Å². The molecule has 3 heterocycles. The number of rotatable bonds is 11. The Hall–Kier alpha value is -4.73. The molecule has 0 fully saturated rings. The summed E-state index contributed by atoms with van der Waals surface area (Å²) in [5.41, 5.74) is 3.67. The van der Waals surface area contributed by atoms with E-state index in [-0.39, 0.29) is 17.8 Å². The van der Waals surface area contributed by atoms with E-state index in [1.807, 2.05) is 49.5 Å². The molecule has 0 bridgehead atoms. The van der Waals surface area contributed by atoms with Crippen molar-refractivity contribution in [3.05, 3.63) is 118 Å². The van der Waals surface area contributed by atoms with Gasteiger partial charge in [-0.1, -0.05) is 53.5 Å². The Morgan fingerprint density at radius 1 is 1.05 bits per heavy atom. The summed E-state index contributed by atoms with van der Waals surface area (Å²) < 4.78 is 7.86. The molecule has 1 amide bonds. The van der Waals surface area contributed by atoms with E-state index in [1.165, 1.54) is 24.5 Å². The lowest BCUT2D eigenvalue weighted by Crippen LogP contribution is -2.25. The van der Waals surface area contributed by atoms with E-state index in [4.69, 9.17) is 27.9 Å². The molecule has 2 aromatic carbocycles. The molecule has 0 unspecified atom stereocenters. The van der Waals surface area contributed by atoms with Crippen molar-refractivity contribution in [3.63, 3.8) is 0 Å². The summed E-state index contributed by atoms with van der Waals surface area (Å²) in [6.45, 7) is 2.70. The number of benzene rings is 2. The van der Waals surface area contributed by atoms with Crippen molar-refractivity contribution in [2.24, 2.45) is 0 Å². The number of aromatic amines is 1. The SMILES string of the molecule is C[C@@H](Oc1ccc2[nH]nc(/C=C/c3cnn(CCNC(=O)/C=C/C(=O)c4ccccc4)c3)c2c1)c1c(Cl)cncc1Cl. The number of halogens is 2. The van der Waals surface area contributed by atoms with Gasteiger partial charge in [0.25, 0.3) is 0 Å². The van der Waals surface area contributed by atoms with Crippen LogP contribution in [0, 0.1) is 0 Å². The maximum Gasteiger partial charge on any atom is 0.244 e. The molecule has 5 aromatic rings. The lowest BCUT2D eigenvalue weighted by molar-refractivity contribution is -0.116. The predicted molar refractivity (Wildman–Crippen MR) is 163 cm³/mol. The maximum atomic E-state index is 12.1. The number of hydrogen-bond acceptors (Lipinski definition) is 6. The van der Waals surface area contributed by atoms with Gasteiger partial charge in [0, 0.05) is 53.3 Å². The normalized spacial score (nSPS) is 12.3. The molecule has 11 heteroatoms. The molecular weight excluding hydrogens is 575 g/mol. The third kappa shape index (κ3) is 7.12. The minimum absolute atomic E-state index is 0.225. The van der Waals surface area contributed by atoms with E-state index in [2.05, 4.69) is 25.6 Å².